The quantitative estimate of drug-likeness (QED) is 0.612. The number of ketones is 2. The molecule has 0 radical (unpaired) electrons. The molecule has 0 aromatic carbocycles. The number of rotatable bonds is 0. The molecule has 0 aromatic rings. The molecule has 0 heterocycles. The molecule has 0 aromatic heterocycles. The monoisotopic (exact) mass is 286 g/mol. The topological polar surface area (TPSA) is 34.1 Å². The zero-order chi connectivity index (χ0) is 15.3. The molecule has 2 aliphatic rings. The molecule has 1 saturated carbocycles. The molecular formula is C19H26O2. The van der Waals surface area contributed by atoms with Gasteiger partial charge in [0, 0.05) is 24.7 Å². The lowest BCUT2D eigenvalue weighted by atomic mass is 9.75. The lowest BCUT2D eigenvalue weighted by Crippen LogP contribution is -2.27. The number of carbonyl (C=O) groups is 2. The largest absolute Gasteiger partial charge is 0.299 e. The summed E-state index contributed by atoms with van der Waals surface area (Å²) in [7, 11) is 0. The smallest absolute Gasteiger partial charge is 0.139 e. The third kappa shape index (κ3) is 4.03. The van der Waals surface area contributed by atoms with Crippen molar-refractivity contribution in [1.29, 1.82) is 0 Å². The number of hydrogen-bond donors (Lipinski definition) is 0. The number of Topliss-reactive ketones (excluding diaryl/α,β-unsaturated/α-hetero) is 2. The van der Waals surface area contributed by atoms with Gasteiger partial charge in [0.25, 0.3) is 0 Å². The van der Waals surface area contributed by atoms with E-state index in [0.29, 0.717) is 36.7 Å². The number of hydrogen-bond acceptors (Lipinski definition) is 2. The van der Waals surface area contributed by atoms with E-state index >= 15 is 0 Å². The van der Waals surface area contributed by atoms with E-state index in [-0.39, 0.29) is 5.41 Å². The van der Waals surface area contributed by atoms with Crippen LogP contribution in [0.2, 0.25) is 0 Å². The maximum Gasteiger partial charge on any atom is 0.139 e. The SMILES string of the molecule is C/C1=C/CC[C@@]2(C)C(=O)CC[C@H]2/C=C/C=C/CC(=O)CC1. The Balaban J connectivity index is 2.18. The van der Waals surface area contributed by atoms with Crippen LogP contribution in [0.1, 0.15) is 58.8 Å². The standard InChI is InChI=1S/C19H26O2/c1-15-7-6-14-19(2)16(11-13-18(19)21)8-4-3-5-9-17(20)12-10-15/h3-5,7-8,16H,6,9-14H2,1-2H3/b5-3+,8-4+,15-7-/t16-,19-/m1/s1. The Bertz CT molecular complexity index is 496. The van der Waals surface area contributed by atoms with E-state index in [4.69, 9.17) is 0 Å². The minimum atomic E-state index is -0.207. The van der Waals surface area contributed by atoms with Crippen LogP contribution >= 0.6 is 0 Å². The maximum atomic E-state index is 12.3. The highest BCUT2D eigenvalue weighted by atomic mass is 16.1. The summed E-state index contributed by atoms with van der Waals surface area (Å²) >= 11 is 0. The minimum Gasteiger partial charge on any atom is -0.299 e. The van der Waals surface area contributed by atoms with E-state index in [2.05, 4.69) is 26.0 Å². The van der Waals surface area contributed by atoms with Crippen LogP contribution in [0.15, 0.2) is 36.0 Å². The van der Waals surface area contributed by atoms with Gasteiger partial charge in [0.1, 0.15) is 11.6 Å². The van der Waals surface area contributed by atoms with Gasteiger partial charge in [-0.15, -0.1) is 0 Å². The Hall–Kier alpha value is -1.44. The summed E-state index contributed by atoms with van der Waals surface area (Å²) in [5.74, 6) is 1.04. The minimum absolute atomic E-state index is 0.207. The highest BCUT2D eigenvalue weighted by Gasteiger charge is 2.43. The van der Waals surface area contributed by atoms with E-state index in [1.54, 1.807) is 0 Å². The van der Waals surface area contributed by atoms with E-state index < -0.39 is 0 Å². The molecule has 0 N–H and O–H groups in total. The van der Waals surface area contributed by atoms with Crippen molar-refractivity contribution in [1.82, 2.24) is 0 Å². The molecule has 114 valence electrons. The van der Waals surface area contributed by atoms with Gasteiger partial charge in [-0.3, -0.25) is 9.59 Å². The van der Waals surface area contributed by atoms with Crippen molar-refractivity contribution in [2.45, 2.75) is 58.8 Å². The zero-order valence-electron chi connectivity index (χ0n) is 13.2. The van der Waals surface area contributed by atoms with E-state index in [0.717, 1.165) is 25.7 Å². The van der Waals surface area contributed by atoms with Gasteiger partial charge in [-0.1, -0.05) is 42.9 Å². The number of carbonyl (C=O) groups excluding carboxylic acids is 2. The summed E-state index contributed by atoms with van der Waals surface area (Å²) in [6, 6.07) is 0. The first-order chi connectivity index (χ1) is 10.0. The second-order valence-corrected chi connectivity index (χ2v) is 6.63. The van der Waals surface area contributed by atoms with Crippen LogP contribution in [0.4, 0.5) is 0 Å². The molecule has 0 bridgehead atoms. The summed E-state index contributed by atoms with van der Waals surface area (Å²) in [5, 5.41) is 0. The van der Waals surface area contributed by atoms with E-state index in [1.807, 2.05) is 18.2 Å². The molecule has 0 saturated heterocycles. The molecule has 2 atom stereocenters. The van der Waals surface area contributed by atoms with Crippen LogP contribution in [0.25, 0.3) is 0 Å². The zero-order valence-corrected chi connectivity index (χ0v) is 13.2. The van der Waals surface area contributed by atoms with Crippen molar-refractivity contribution in [3.63, 3.8) is 0 Å². The lowest BCUT2D eigenvalue weighted by Gasteiger charge is -2.27. The first-order valence-electron chi connectivity index (χ1n) is 8.06. The highest BCUT2D eigenvalue weighted by Crippen LogP contribution is 2.44. The maximum absolute atomic E-state index is 12.3. The van der Waals surface area contributed by atoms with Crippen LogP contribution in [0.3, 0.4) is 0 Å². The van der Waals surface area contributed by atoms with Crippen LogP contribution in [0, 0.1) is 11.3 Å². The molecule has 0 amide bonds. The fourth-order valence-corrected chi connectivity index (χ4v) is 3.37. The van der Waals surface area contributed by atoms with Gasteiger partial charge in [-0.2, -0.15) is 0 Å². The van der Waals surface area contributed by atoms with Crippen molar-refractivity contribution in [2.75, 3.05) is 0 Å². The Morgan fingerprint density at radius 1 is 1.14 bits per heavy atom. The second-order valence-electron chi connectivity index (χ2n) is 6.63. The highest BCUT2D eigenvalue weighted by molar-refractivity contribution is 5.87. The van der Waals surface area contributed by atoms with Gasteiger partial charge in [0.2, 0.25) is 0 Å². The lowest BCUT2D eigenvalue weighted by molar-refractivity contribution is -0.126. The van der Waals surface area contributed by atoms with Crippen LogP contribution in [-0.2, 0) is 9.59 Å². The molecule has 2 rings (SSSR count). The van der Waals surface area contributed by atoms with Gasteiger partial charge in [0.15, 0.2) is 0 Å². The summed E-state index contributed by atoms with van der Waals surface area (Å²) < 4.78 is 0. The molecule has 2 nitrogen and oxygen atoms in total. The third-order valence-corrected chi connectivity index (χ3v) is 5.03. The average molecular weight is 286 g/mol. The summed E-state index contributed by atoms with van der Waals surface area (Å²) in [5.41, 5.74) is 1.06. The van der Waals surface area contributed by atoms with Crippen molar-refractivity contribution in [3.05, 3.63) is 36.0 Å². The molecule has 2 heteroatoms. The summed E-state index contributed by atoms with van der Waals surface area (Å²) in [4.78, 5) is 24.0. The van der Waals surface area contributed by atoms with Crippen molar-refractivity contribution >= 4 is 11.6 Å². The van der Waals surface area contributed by atoms with Gasteiger partial charge in [0.05, 0.1) is 0 Å². The fourth-order valence-electron chi connectivity index (χ4n) is 3.37. The summed E-state index contributed by atoms with van der Waals surface area (Å²) in [6.45, 7) is 4.21. The van der Waals surface area contributed by atoms with Gasteiger partial charge in [-0.05, 0) is 38.5 Å². The predicted octanol–water partition coefficient (Wildman–Crippen LogP) is 4.56. The molecule has 0 spiro atoms. The Kier molecular flexibility index (Phi) is 5.33. The van der Waals surface area contributed by atoms with E-state index in [1.165, 1.54) is 5.57 Å². The van der Waals surface area contributed by atoms with Crippen molar-refractivity contribution in [2.24, 2.45) is 11.3 Å². The molecule has 0 aliphatic heterocycles. The number of allylic oxidation sites excluding steroid dienone is 6. The molecule has 2 aliphatic carbocycles. The molecule has 0 unspecified atom stereocenters. The van der Waals surface area contributed by atoms with Gasteiger partial charge >= 0.3 is 0 Å². The van der Waals surface area contributed by atoms with Crippen LogP contribution in [-0.4, -0.2) is 11.6 Å². The number of fused-ring (bicyclic) bond motifs is 1. The van der Waals surface area contributed by atoms with Gasteiger partial charge in [-0.25, -0.2) is 0 Å². The third-order valence-electron chi connectivity index (χ3n) is 5.03. The van der Waals surface area contributed by atoms with Crippen LogP contribution < -0.4 is 0 Å². The first kappa shape index (κ1) is 15.9. The van der Waals surface area contributed by atoms with Crippen molar-refractivity contribution in [3.8, 4) is 0 Å². The molecule has 21 heavy (non-hydrogen) atoms. The van der Waals surface area contributed by atoms with E-state index in [9.17, 15) is 9.59 Å². The Morgan fingerprint density at radius 2 is 1.95 bits per heavy atom. The second kappa shape index (κ2) is 7.02. The normalized spacial score (nSPS) is 37.2. The fraction of sp³-hybridized carbons (Fsp3) is 0.579. The predicted molar refractivity (Wildman–Crippen MR) is 86.0 cm³/mol. The van der Waals surface area contributed by atoms with Gasteiger partial charge < -0.3 is 0 Å². The Labute approximate surface area is 128 Å². The average Bonchev–Trinajstić information content (AvgIpc) is 2.72. The van der Waals surface area contributed by atoms with Crippen molar-refractivity contribution < 1.29 is 9.59 Å². The Morgan fingerprint density at radius 3 is 2.76 bits per heavy atom. The molecular weight excluding hydrogens is 260 g/mol. The molecule has 1 fully saturated rings. The summed E-state index contributed by atoms with van der Waals surface area (Å²) in [6.07, 6.45) is 15.8. The van der Waals surface area contributed by atoms with Crippen LogP contribution in [0.5, 0.6) is 0 Å². The first-order valence-corrected chi connectivity index (χ1v) is 8.06.